The van der Waals surface area contributed by atoms with E-state index in [1.165, 1.54) is 24.3 Å². The molecule has 4 aromatic heterocycles. The van der Waals surface area contributed by atoms with Gasteiger partial charge in [0.05, 0.1) is 0 Å². The van der Waals surface area contributed by atoms with E-state index in [9.17, 15) is 39.6 Å². The minimum absolute atomic E-state index is 0.0712. The third-order valence-electron chi connectivity index (χ3n) is 11.7. The zero-order valence-electron chi connectivity index (χ0n) is 39.3. The number of aliphatic hydroxyl groups is 4. The molecule has 0 amide bonds. The van der Waals surface area contributed by atoms with Gasteiger partial charge in [0.2, 0.25) is 0 Å². The van der Waals surface area contributed by atoms with E-state index in [2.05, 4.69) is 0 Å². The first-order valence-electron chi connectivity index (χ1n) is 23.7. The number of aliphatic hydroxyl groups excluding tert-OH is 4. The van der Waals surface area contributed by atoms with Gasteiger partial charge in [0.1, 0.15) is 96.2 Å². The monoisotopic (exact) mass is 988 g/mol. The molecule has 0 spiro atoms. The van der Waals surface area contributed by atoms with Crippen LogP contribution >= 0.6 is 0 Å². The van der Waals surface area contributed by atoms with Crippen molar-refractivity contribution in [3.63, 3.8) is 0 Å². The van der Waals surface area contributed by atoms with Gasteiger partial charge in [-0.1, -0.05) is 12.8 Å². The van der Waals surface area contributed by atoms with Crippen LogP contribution in [0.5, 0.6) is 23.0 Å². The quantitative estimate of drug-likeness (QED) is 0.0375. The maximum atomic E-state index is 11.8. The summed E-state index contributed by atoms with van der Waals surface area (Å²) in [6.07, 6.45) is -0.847. The number of hydrogen-bond donors (Lipinski definition) is 4. The Labute approximate surface area is 411 Å². The molecule has 0 aliphatic heterocycles. The minimum atomic E-state index is -0.955. The van der Waals surface area contributed by atoms with E-state index in [1.54, 1.807) is 97.1 Å². The lowest BCUT2D eigenvalue weighted by Crippen LogP contribution is -2.42. The molecule has 18 nitrogen and oxygen atoms in total. The standard InChI is InChI=1S/C54H56N2O16/c57-39(31-65-43-13-5-35-9-17-51(61)69-47(35)23-43)27-55(28-40(58)32-66-44-14-6-36-10-18-52(62)70-48(36)24-44)21-3-1-2-4-22-56(29-41(59)33-67-45-15-7-37-11-19-53(63)71-49(37)25-45)30-42(60)34-68-46-16-8-38-12-20-54(64)72-50(38)26-46/h5-20,23-26,39-42,57-60H,1-4,21-22,27-34H2. The Morgan fingerprint density at radius 2 is 0.583 bits per heavy atom. The van der Waals surface area contributed by atoms with Crippen molar-refractivity contribution in [3.8, 4) is 23.0 Å². The summed E-state index contributed by atoms with van der Waals surface area (Å²) in [4.78, 5) is 50.9. The number of fused-ring (bicyclic) bond motifs is 4. The molecule has 4 N–H and O–H groups in total. The Kier molecular flexibility index (Phi) is 17.5. The Morgan fingerprint density at radius 1 is 0.347 bits per heavy atom. The zero-order valence-corrected chi connectivity index (χ0v) is 39.3. The van der Waals surface area contributed by atoms with E-state index < -0.39 is 46.9 Å². The van der Waals surface area contributed by atoms with Crippen LogP contribution in [0.3, 0.4) is 0 Å². The van der Waals surface area contributed by atoms with E-state index >= 15 is 0 Å². The molecule has 378 valence electrons. The van der Waals surface area contributed by atoms with Crippen LogP contribution in [0.1, 0.15) is 25.7 Å². The highest BCUT2D eigenvalue weighted by molar-refractivity contribution is 5.79. The largest absolute Gasteiger partial charge is 0.491 e. The second-order valence-electron chi connectivity index (χ2n) is 17.6. The summed E-state index contributed by atoms with van der Waals surface area (Å²) < 4.78 is 44.6. The van der Waals surface area contributed by atoms with Crippen LogP contribution < -0.4 is 41.4 Å². The van der Waals surface area contributed by atoms with Gasteiger partial charge in [0, 0.05) is 96.3 Å². The van der Waals surface area contributed by atoms with Crippen molar-refractivity contribution in [2.45, 2.75) is 50.1 Å². The third-order valence-corrected chi connectivity index (χ3v) is 11.7. The number of ether oxygens (including phenoxy) is 4. The number of nitrogens with zero attached hydrogens (tertiary/aromatic N) is 2. The summed E-state index contributed by atoms with van der Waals surface area (Å²) in [6.45, 7) is 1.40. The molecular formula is C54H56N2O16. The number of rotatable bonds is 27. The van der Waals surface area contributed by atoms with Gasteiger partial charge in [-0.15, -0.1) is 0 Å². The summed E-state index contributed by atoms with van der Waals surface area (Å²) in [7, 11) is 0. The molecule has 8 aromatic rings. The third kappa shape index (κ3) is 15.1. The Morgan fingerprint density at radius 3 is 0.833 bits per heavy atom. The Bertz CT molecular complexity index is 2870. The van der Waals surface area contributed by atoms with E-state index in [1.807, 2.05) is 9.80 Å². The average molecular weight is 989 g/mol. The minimum Gasteiger partial charge on any atom is -0.491 e. The van der Waals surface area contributed by atoms with Crippen LogP contribution in [-0.4, -0.2) is 120 Å². The summed E-state index contributed by atoms with van der Waals surface area (Å²) >= 11 is 0. The highest BCUT2D eigenvalue weighted by Crippen LogP contribution is 2.23. The average Bonchev–Trinajstić information content (AvgIpc) is 3.36. The van der Waals surface area contributed by atoms with Gasteiger partial charge in [-0.2, -0.15) is 0 Å². The van der Waals surface area contributed by atoms with Crippen molar-refractivity contribution in [3.05, 3.63) is 163 Å². The predicted molar refractivity (Wildman–Crippen MR) is 267 cm³/mol. The maximum absolute atomic E-state index is 11.8. The Balaban J connectivity index is 0.854. The molecule has 8 rings (SSSR count). The molecule has 72 heavy (non-hydrogen) atoms. The van der Waals surface area contributed by atoms with Crippen LogP contribution in [0.4, 0.5) is 0 Å². The van der Waals surface area contributed by atoms with Gasteiger partial charge in [0.15, 0.2) is 0 Å². The lowest BCUT2D eigenvalue weighted by atomic mass is 10.1. The summed E-state index contributed by atoms with van der Waals surface area (Å²) in [6, 6.07) is 32.2. The molecule has 4 heterocycles. The first-order chi connectivity index (χ1) is 34.9. The summed E-state index contributed by atoms with van der Waals surface area (Å²) in [5.74, 6) is 1.66. The van der Waals surface area contributed by atoms with Crippen molar-refractivity contribution < 1.29 is 57.0 Å². The van der Waals surface area contributed by atoms with Crippen LogP contribution in [-0.2, 0) is 0 Å². The van der Waals surface area contributed by atoms with Gasteiger partial charge < -0.3 is 57.0 Å². The highest BCUT2D eigenvalue weighted by Gasteiger charge is 2.20. The van der Waals surface area contributed by atoms with Crippen molar-refractivity contribution in [1.82, 2.24) is 9.80 Å². The van der Waals surface area contributed by atoms with Crippen LogP contribution in [0.25, 0.3) is 43.9 Å². The fourth-order valence-corrected chi connectivity index (χ4v) is 8.23. The second kappa shape index (κ2) is 24.7. The van der Waals surface area contributed by atoms with Crippen LogP contribution in [0.2, 0.25) is 0 Å². The number of unbranched alkanes of at least 4 members (excludes halogenated alkanes) is 3. The summed E-state index contributed by atoms with van der Waals surface area (Å²) in [5, 5.41) is 47.5. The lowest BCUT2D eigenvalue weighted by Gasteiger charge is -2.28. The van der Waals surface area contributed by atoms with Crippen LogP contribution in [0.15, 0.2) is 158 Å². The van der Waals surface area contributed by atoms with E-state index in [0.29, 0.717) is 71.3 Å². The molecule has 0 saturated carbocycles. The zero-order chi connectivity index (χ0) is 50.4. The van der Waals surface area contributed by atoms with Crippen LogP contribution in [0, 0.1) is 0 Å². The number of benzene rings is 4. The normalized spacial score (nSPS) is 13.5. The fourth-order valence-electron chi connectivity index (χ4n) is 8.23. The lowest BCUT2D eigenvalue weighted by molar-refractivity contribution is 0.0292. The van der Waals surface area contributed by atoms with Crippen molar-refractivity contribution in [2.75, 3.05) is 65.7 Å². The fraction of sp³-hybridized carbons (Fsp3) is 0.333. The van der Waals surface area contributed by atoms with E-state index in [-0.39, 0.29) is 52.6 Å². The Hall–Kier alpha value is -7.32. The molecular weight excluding hydrogens is 933 g/mol. The predicted octanol–water partition coefficient (Wildman–Crippen LogP) is 5.34. The smallest absolute Gasteiger partial charge is 0.336 e. The molecule has 0 radical (unpaired) electrons. The SMILES string of the molecule is O=c1ccc2ccc(OCC(O)CN(CCCCCCN(CC(O)COc3ccc4ccc(=O)oc4c3)CC(O)COc3ccc4ccc(=O)oc4c3)CC(O)COc3ccc4ccc(=O)oc4c3)cc2o1. The molecule has 0 aliphatic rings. The number of hydrogen-bond acceptors (Lipinski definition) is 18. The molecule has 0 aliphatic carbocycles. The molecule has 4 atom stereocenters. The summed E-state index contributed by atoms with van der Waals surface area (Å²) in [5.41, 5.74) is -0.521. The molecule has 4 aromatic carbocycles. The molecule has 0 bridgehead atoms. The first kappa shape index (κ1) is 51.0. The van der Waals surface area contributed by atoms with Gasteiger partial charge >= 0.3 is 22.5 Å². The van der Waals surface area contributed by atoms with Gasteiger partial charge in [0.25, 0.3) is 0 Å². The maximum Gasteiger partial charge on any atom is 0.336 e. The van der Waals surface area contributed by atoms with Crippen molar-refractivity contribution in [2.24, 2.45) is 0 Å². The van der Waals surface area contributed by atoms with Gasteiger partial charge in [-0.3, -0.25) is 9.80 Å². The highest BCUT2D eigenvalue weighted by atomic mass is 16.5. The molecule has 0 fully saturated rings. The first-order valence-corrected chi connectivity index (χ1v) is 23.7. The van der Waals surface area contributed by atoms with Gasteiger partial charge in [-0.05, 0) is 98.7 Å². The molecule has 18 heteroatoms. The molecule has 4 unspecified atom stereocenters. The van der Waals surface area contributed by atoms with E-state index in [4.69, 9.17) is 36.6 Å². The topological polar surface area (TPSA) is 245 Å². The van der Waals surface area contributed by atoms with Crippen molar-refractivity contribution in [1.29, 1.82) is 0 Å². The van der Waals surface area contributed by atoms with E-state index in [0.717, 1.165) is 34.4 Å². The molecule has 0 saturated heterocycles. The second-order valence-corrected chi connectivity index (χ2v) is 17.6. The van der Waals surface area contributed by atoms with Gasteiger partial charge in [-0.25, -0.2) is 19.2 Å². The van der Waals surface area contributed by atoms with Crippen molar-refractivity contribution >= 4 is 43.9 Å².